The smallest absolute Gasteiger partial charge is 0.255 e. The highest BCUT2D eigenvalue weighted by Crippen LogP contribution is 2.40. The third-order valence-corrected chi connectivity index (χ3v) is 5.60. The van der Waals surface area contributed by atoms with Crippen molar-refractivity contribution in [2.75, 3.05) is 19.6 Å². The van der Waals surface area contributed by atoms with Crippen LogP contribution in [0, 0.1) is 5.92 Å². The molecule has 0 unspecified atom stereocenters. The minimum absolute atomic E-state index is 0.0293. The Kier molecular flexibility index (Phi) is 5.36. The molecule has 0 saturated carbocycles. The lowest BCUT2D eigenvalue weighted by Crippen LogP contribution is -2.55. The molecule has 29 heavy (non-hydrogen) atoms. The summed E-state index contributed by atoms with van der Waals surface area (Å²) in [5.41, 5.74) is -0.0618. The topological polar surface area (TPSA) is 89.4 Å². The number of imidazole rings is 1. The predicted molar refractivity (Wildman–Crippen MR) is 106 cm³/mol. The number of nitrogens with one attached hydrogen (secondary N) is 1. The predicted octanol–water partition coefficient (Wildman–Crippen LogP) is 1.58. The number of hydrogen-bond acceptors (Lipinski definition) is 5. The number of piperidine rings is 1. The van der Waals surface area contributed by atoms with E-state index >= 15 is 0 Å². The zero-order chi connectivity index (χ0) is 20.4. The lowest BCUT2D eigenvalue weighted by molar-refractivity contribution is -0.172. The summed E-state index contributed by atoms with van der Waals surface area (Å²) >= 11 is 0. The van der Waals surface area contributed by atoms with Crippen LogP contribution in [0.25, 0.3) is 0 Å². The minimum atomic E-state index is -0.646. The number of carbonyl (C=O) groups is 2. The average molecular weight is 397 g/mol. The first-order valence-corrected chi connectivity index (χ1v) is 10.1. The fraction of sp³-hybridized carbons (Fsp3) is 0.524. The number of hydrogen-bond donors (Lipinski definition) is 1. The number of amides is 2. The molecule has 1 fully saturated rings. The van der Waals surface area contributed by atoms with E-state index in [-0.39, 0.29) is 11.8 Å². The second-order valence-electron chi connectivity index (χ2n) is 8.18. The van der Waals surface area contributed by atoms with Gasteiger partial charge in [0.15, 0.2) is 6.10 Å². The Morgan fingerprint density at radius 2 is 2.10 bits per heavy atom. The summed E-state index contributed by atoms with van der Waals surface area (Å²) in [6, 6.07) is 3.54. The Bertz CT molecular complexity index is 871. The molecule has 8 heteroatoms. The molecule has 1 N–H and O–H groups in total. The number of carbonyl (C=O) groups excluding carboxylic acids is 2. The van der Waals surface area contributed by atoms with Gasteiger partial charge in [-0.1, -0.05) is 13.8 Å². The summed E-state index contributed by atoms with van der Waals surface area (Å²) in [5, 5.41) is 2.98. The number of likely N-dealkylation sites (tertiary alicyclic amines) is 1. The van der Waals surface area contributed by atoms with Crippen LogP contribution in [0.15, 0.2) is 36.9 Å². The van der Waals surface area contributed by atoms with E-state index < -0.39 is 11.7 Å². The third kappa shape index (κ3) is 3.89. The van der Waals surface area contributed by atoms with Crippen LogP contribution in [0.2, 0.25) is 0 Å². The molecule has 2 amide bonds. The van der Waals surface area contributed by atoms with Crippen molar-refractivity contribution in [1.82, 2.24) is 24.8 Å². The van der Waals surface area contributed by atoms with Crippen LogP contribution in [0.1, 0.15) is 42.9 Å². The normalized spacial score (nSPS) is 20.5. The monoisotopic (exact) mass is 397 g/mol. The molecule has 2 aliphatic rings. The maximum atomic E-state index is 12.7. The average Bonchev–Trinajstić information content (AvgIpc) is 3.22. The van der Waals surface area contributed by atoms with Crippen molar-refractivity contribution in [2.24, 2.45) is 5.92 Å². The first kappa shape index (κ1) is 19.6. The second-order valence-corrected chi connectivity index (χ2v) is 8.18. The molecule has 0 radical (unpaired) electrons. The van der Waals surface area contributed by atoms with Crippen molar-refractivity contribution in [2.45, 2.75) is 44.9 Å². The molecule has 1 atom stereocenters. The highest BCUT2D eigenvalue weighted by atomic mass is 16.5. The van der Waals surface area contributed by atoms with Gasteiger partial charge in [-0.2, -0.15) is 0 Å². The molecule has 154 valence electrons. The van der Waals surface area contributed by atoms with Gasteiger partial charge in [0.1, 0.15) is 11.4 Å². The molecule has 2 aromatic heterocycles. The van der Waals surface area contributed by atoms with Crippen molar-refractivity contribution in [3.63, 3.8) is 0 Å². The van der Waals surface area contributed by atoms with Crippen LogP contribution in [-0.2, 0) is 21.7 Å². The molecular weight excluding hydrogens is 370 g/mol. The Labute approximate surface area is 170 Å². The van der Waals surface area contributed by atoms with E-state index in [1.165, 1.54) is 0 Å². The van der Waals surface area contributed by atoms with Crippen molar-refractivity contribution in [1.29, 1.82) is 0 Å². The summed E-state index contributed by atoms with van der Waals surface area (Å²) in [5.74, 6) is 1.10. The van der Waals surface area contributed by atoms with Gasteiger partial charge in [0, 0.05) is 57.3 Å². The molecular formula is C21H27N5O3. The zero-order valence-electron chi connectivity index (χ0n) is 16.9. The number of aromatic nitrogens is 3. The minimum Gasteiger partial charge on any atom is -0.354 e. The molecule has 0 bridgehead atoms. The van der Waals surface area contributed by atoms with Crippen molar-refractivity contribution >= 4 is 11.8 Å². The van der Waals surface area contributed by atoms with E-state index in [0.29, 0.717) is 50.5 Å². The van der Waals surface area contributed by atoms with Crippen molar-refractivity contribution < 1.29 is 14.3 Å². The number of nitrogens with zero attached hydrogens (tertiary/aromatic N) is 4. The van der Waals surface area contributed by atoms with Gasteiger partial charge in [-0.3, -0.25) is 14.6 Å². The van der Waals surface area contributed by atoms with E-state index in [2.05, 4.69) is 29.1 Å². The number of ether oxygens (including phenoxy) is 1. The Morgan fingerprint density at radius 3 is 2.79 bits per heavy atom. The van der Waals surface area contributed by atoms with Crippen LogP contribution < -0.4 is 5.32 Å². The fourth-order valence-corrected chi connectivity index (χ4v) is 4.04. The summed E-state index contributed by atoms with van der Waals surface area (Å²) in [6.07, 6.45) is 7.54. The Balaban J connectivity index is 1.49. The molecule has 2 aromatic rings. The quantitative estimate of drug-likeness (QED) is 0.846. The van der Waals surface area contributed by atoms with Gasteiger partial charge in [0.2, 0.25) is 0 Å². The maximum absolute atomic E-state index is 12.7. The Morgan fingerprint density at radius 1 is 1.31 bits per heavy atom. The van der Waals surface area contributed by atoms with Crippen molar-refractivity contribution in [3.05, 3.63) is 48.3 Å². The van der Waals surface area contributed by atoms with E-state index in [0.717, 1.165) is 5.82 Å². The van der Waals surface area contributed by atoms with Crippen LogP contribution in [0.4, 0.5) is 0 Å². The molecule has 0 aliphatic carbocycles. The summed E-state index contributed by atoms with van der Waals surface area (Å²) in [6.45, 7) is 6.29. The first-order valence-electron chi connectivity index (χ1n) is 10.1. The fourth-order valence-electron chi connectivity index (χ4n) is 4.04. The number of pyridine rings is 1. The third-order valence-electron chi connectivity index (χ3n) is 5.60. The largest absolute Gasteiger partial charge is 0.354 e. The summed E-state index contributed by atoms with van der Waals surface area (Å²) in [4.78, 5) is 35.8. The molecule has 4 rings (SSSR count). The van der Waals surface area contributed by atoms with Crippen LogP contribution >= 0.6 is 0 Å². The number of fused-ring (bicyclic) bond motifs is 2. The van der Waals surface area contributed by atoms with E-state index in [1.54, 1.807) is 30.7 Å². The SMILES string of the molecule is CC(C)CNC(=O)[C@@H]1Cn2ccnc2C2(CCN(C(=O)c3cccnc3)CC2)O1. The summed E-state index contributed by atoms with van der Waals surface area (Å²) < 4.78 is 8.40. The lowest BCUT2D eigenvalue weighted by atomic mass is 9.88. The highest BCUT2D eigenvalue weighted by Gasteiger charge is 2.47. The van der Waals surface area contributed by atoms with Crippen LogP contribution in [0.5, 0.6) is 0 Å². The van der Waals surface area contributed by atoms with Crippen LogP contribution in [-0.4, -0.2) is 57.0 Å². The van der Waals surface area contributed by atoms with Gasteiger partial charge < -0.3 is 19.5 Å². The van der Waals surface area contributed by atoms with Gasteiger partial charge in [-0.15, -0.1) is 0 Å². The van der Waals surface area contributed by atoms with Gasteiger partial charge in [0.25, 0.3) is 11.8 Å². The van der Waals surface area contributed by atoms with E-state index in [4.69, 9.17) is 4.74 Å². The first-order chi connectivity index (χ1) is 14.0. The van der Waals surface area contributed by atoms with E-state index in [9.17, 15) is 9.59 Å². The van der Waals surface area contributed by atoms with Gasteiger partial charge in [-0.05, 0) is 18.1 Å². The van der Waals surface area contributed by atoms with Gasteiger partial charge in [0.05, 0.1) is 12.1 Å². The number of rotatable bonds is 4. The molecule has 2 aliphatic heterocycles. The molecule has 0 aromatic carbocycles. The van der Waals surface area contributed by atoms with E-state index in [1.807, 2.05) is 15.7 Å². The zero-order valence-corrected chi connectivity index (χ0v) is 16.9. The Hall–Kier alpha value is -2.74. The van der Waals surface area contributed by atoms with Crippen LogP contribution in [0.3, 0.4) is 0 Å². The van der Waals surface area contributed by atoms with Gasteiger partial charge in [-0.25, -0.2) is 4.98 Å². The standard InChI is InChI=1S/C21H27N5O3/c1-15(2)12-24-18(27)17-14-26-11-8-23-20(26)21(29-17)5-9-25(10-6-21)19(28)16-4-3-7-22-13-16/h3-4,7-8,11,13,15,17H,5-6,9-10,12,14H2,1-2H3,(H,24,27)/t17-/m0/s1. The maximum Gasteiger partial charge on any atom is 0.255 e. The second kappa shape index (κ2) is 7.94. The highest BCUT2D eigenvalue weighted by molar-refractivity contribution is 5.93. The summed E-state index contributed by atoms with van der Waals surface area (Å²) in [7, 11) is 0. The molecule has 1 spiro atoms. The molecule has 1 saturated heterocycles. The molecule has 4 heterocycles. The van der Waals surface area contributed by atoms with Gasteiger partial charge >= 0.3 is 0 Å². The molecule has 8 nitrogen and oxygen atoms in total. The van der Waals surface area contributed by atoms with Crippen molar-refractivity contribution in [3.8, 4) is 0 Å². The lowest BCUT2D eigenvalue weighted by Gasteiger charge is -2.45.